The average Bonchev–Trinajstić information content (AvgIpc) is 2.61. The Balaban J connectivity index is 1.74. The van der Waals surface area contributed by atoms with Gasteiger partial charge in [0.05, 0.1) is 5.56 Å². The molecular weight excluding hydrogens is 332 g/mol. The number of rotatable bonds is 6. The Hall–Kier alpha value is -2.64. The van der Waals surface area contributed by atoms with Gasteiger partial charge in [-0.3, -0.25) is 9.59 Å². The van der Waals surface area contributed by atoms with Crippen molar-refractivity contribution in [2.45, 2.75) is 13.0 Å². The van der Waals surface area contributed by atoms with E-state index in [0.717, 1.165) is 24.3 Å². The summed E-state index contributed by atoms with van der Waals surface area (Å²) < 4.78 is 5.70. The van der Waals surface area contributed by atoms with Gasteiger partial charge in [-0.1, -0.05) is 6.07 Å². The van der Waals surface area contributed by atoms with Crippen molar-refractivity contribution in [1.82, 2.24) is 15.2 Å². The van der Waals surface area contributed by atoms with Gasteiger partial charge >= 0.3 is 0 Å². The van der Waals surface area contributed by atoms with Gasteiger partial charge in [0.25, 0.3) is 5.91 Å². The maximum absolute atomic E-state index is 12.7. The van der Waals surface area contributed by atoms with Crippen LogP contribution in [0.25, 0.3) is 0 Å². The fourth-order valence-corrected chi connectivity index (χ4v) is 2.89. The Morgan fingerprint density at radius 2 is 2.15 bits per heavy atom. The van der Waals surface area contributed by atoms with Crippen molar-refractivity contribution in [2.24, 2.45) is 0 Å². The molecule has 1 aliphatic rings. The predicted octanol–water partition coefficient (Wildman–Crippen LogP) is 1.21. The third-order valence-electron chi connectivity index (χ3n) is 4.24. The number of carbonyl (C=O) groups excluding carboxylic acids is 1. The molecule has 3 rings (SSSR count). The van der Waals surface area contributed by atoms with E-state index in [1.807, 2.05) is 31.1 Å². The lowest BCUT2D eigenvalue weighted by molar-refractivity contribution is 0.102. The number of carbonyl (C=O) groups is 1. The molecule has 26 heavy (non-hydrogen) atoms. The number of hydrogen-bond donors (Lipinski definition) is 3. The van der Waals surface area contributed by atoms with Crippen LogP contribution in [0.5, 0.6) is 5.75 Å². The Labute approximate surface area is 152 Å². The number of hydrogen-bond acceptors (Lipinski definition) is 5. The average molecular weight is 356 g/mol. The van der Waals surface area contributed by atoms with E-state index in [0.29, 0.717) is 36.6 Å². The van der Waals surface area contributed by atoms with Crippen LogP contribution in [0, 0.1) is 0 Å². The van der Waals surface area contributed by atoms with Crippen molar-refractivity contribution in [1.29, 1.82) is 0 Å². The number of ether oxygens (including phenoxy) is 1. The highest BCUT2D eigenvalue weighted by Crippen LogP contribution is 2.20. The van der Waals surface area contributed by atoms with Crippen LogP contribution in [-0.4, -0.2) is 49.6 Å². The standard InChI is InChI=1S/C19H24N4O3/c1-23(2)8-9-26-14-5-3-4-13(10-14)21-19(25)15-11-18(24)22-17-6-7-20-12-16(15)17/h3-5,10-11,20H,6-9,12H2,1-2H3,(H,21,25)(H,22,24). The first-order valence-corrected chi connectivity index (χ1v) is 8.67. The van der Waals surface area contributed by atoms with Crippen LogP contribution >= 0.6 is 0 Å². The topological polar surface area (TPSA) is 86.5 Å². The summed E-state index contributed by atoms with van der Waals surface area (Å²) in [6.07, 6.45) is 0.709. The third kappa shape index (κ3) is 4.50. The summed E-state index contributed by atoms with van der Waals surface area (Å²) in [6, 6.07) is 8.62. The van der Waals surface area contributed by atoms with E-state index >= 15 is 0 Å². The molecule has 1 aromatic carbocycles. The Morgan fingerprint density at radius 3 is 2.96 bits per heavy atom. The van der Waals surface area contributed by atoms with E-state index in [2.05, 4.69) is 15.6 Å². The molecule has 7 heteroatoms. The second-order valence-electron chi connectivity index (χ2n) is 6.56. The molecule has 7 nitrogen and oxygen atoms in total. The van der Waals surface area contributed by atoms with E-state index in [1.54, 1.807) is 12.1 Å². The fourth-order valence-electron chi connectivity index (χ4n) is 2.89. The van der Waals surface area contributed by atoms with Crippen molar-refractivity contribution in [2.75, 3.05) is 39.1 Å². The number of aromatic amines is 1. The van der Waals surface area contributed by atoms with Gasteiger partial charge in [-0.25, -0.2) is 0 Å². The van der Waals surface area contributed by atoms with Gasteiger partial charge in [0.15, 0.2) is 0 Å². The van der Waals surface area contributed by atoms with Crippen LogP contribution in [0.3, 0.4) is 0 Å². The number of amides is 1. The summed E-state index contributed by atoms with van der Waals surface area (Å²) in [5.41, 5.74) is 2.48. The van der Waals surface area contributed by atoms with Gasteiger partial charge in [0, 0.05) is 49.6 Å². The molecule has 1 aliphatic heterocycles. The van der Waals surface area contributed by atoms with Crippen molar-refractivity contribution >= 4 is 11.6 Å². The minimum absolute atomic E-state index is 0.253. The molecule has 0 saturated heterocycles. The summed E-state index contributed by atoms with van der Waals surface area (Å²) in [7, 11) is 3.97. The predicted molar refractivity (Wildman–Crippen MR) is 101 cm³/mol. The SMILES string of the molecule is CN(C)CCOc1cccc(NC(=O)c2cc(=O)[nH]c3c2CNCC3)c1. The van der Waals surface area contributed by atoms with Crippen LogP contribution in [0.15, 0.2) is 35.1 Å². The molecule has 138 valence electrons. The zero-order valence-electron chi connectivity index (χ0n) is 15.1. The van der Waals surface area contributed by atoms with Gasteiger partial charge in [0.2, 0.25) is 5.56 Å². The minimum Gasteiger partial charge on any atom is -0.492 e. The molecule has 2 aromatic rings. The van der Waals surface area contributed by atoms with Gasteiger partial charge in [0.1, 0.15) is 12.4 Å². The summed E-state index contributed by atoms with van der Waals surface area (Å²) in [5, 5.41) is 6.10. The molecule has 0 bridgehead atoms. The molecule has 0 unspecified atom stereocenters. The smallest absolute Gasteiger partial charge is 0.256 e. The van der Waals surface area contributed by atoms with Crippen LogP contribution in [-0.2, 0) is 13.0 Å². The number of likely N-dealkylation sites (N-methyl/N-ethyl adjacent to an activating group) is 1. The number of nitrogens with zero attached hydrogens (tertiary/aromatic N) is 1. The van der Waals surface area contributed by atoms with E-state index in [4.69, 9.17) is 4.74 Å². The molecule has 0 saturated carbocycles. The number of H-pyrrole nitrogens is 1. The van der Waals surface area contributed by atoms with Crippen LogP contribution in [0.2, 0.25) is 0 Å². The largest absolute Gasteiger partial charge is 0.492 e. The Kier molecular flexibility index (Phi) is 5.70. The highest BCUT2D eigenvalue weighted by molar-refractivity contribution is 6.05. The van der Waals surface area contributed by atoms with Crippen LogP contribution in [0.1, 0.15) is 21.6 Å². The zero-order valence-corrected chi connectivity index (χ0v) is 15.1. The maximum atomic E-state index is 12.7. The fraction of sp³-hybridized carbons (Fsp3) is 0.368. The zero-order chi connectivity index (χ0) is 18.5. The van der Waals surface area contributed by atoms with Gasteiger partial charge in [-0.15, -0.1) is 0 Å². The summed E-state index contributed by atoms with van der Waals surface area (Å²) in [5.74, 6) is 0.403. The summed E-state index contributed by atoms with van der Waals surface area (Å²) in [6.45, 7) is 2.74. The van der Waals surface area contributed by atoms with Crippen molar-refractivity contribution in [3.63, 3.8) is 0 Å². The van der Waals surface area contributed by atoms with Gasteiger partial charge in [-0.05, 0) is 31.8 Å². The lowest BCUT2D eigenvalue weighted by atomic mass is 10.0. The molecule has 0 radical (unpaired) electrons. The molecule has 2 heterocycles. The normalized spacial score (nSPS) is 13.3. The Morgan fingerprint density at radius 1 is 1.31 bits per heavy atom. The first-order chi connectivity index (χ1) is 12.5. The Bertz CT molecular complexity index is 845. The lowest BCUT2D eigenvalue weighted by Gasteiger charge is -2.19. The van der Waals surface area contributed by atoms with Gasteiger partial charge < -0.3 is 25.3 Å². The molecule has 0 spiro atoms. The molecule has 1 aromatic heterocycles. The molecule has 0 atom stereocenters. The number of nitrogens with one attached hydrogen (secondary N) is 3. The number of benzene rings is 1. The second-order valence-corrected chi connectivity index (χ2v) is 6.56. The number of anilines is 1. The monoisotopic (exact) mass is 356 g/mol. The second kappa shape index (κ2) is 8.16. The van der Waals surface area contributed by atoms with Crippen molar-refractivity contribution in [3.05, 3.63) is 57.5 Å². The summed E-state index contributed by atoms with van der Waals surface area (Å²) in [4.78, 5) is 29.4. The quantitative estimate of drug-likeness (QED) is 0.724. The summed E-state index contributed by atoms with van der Waals surface area (Å²) >= 11 is 0. The maximum Gasteiger partial charge on any atom is 0.256 e. The number of pyridine rings is 1. The van der Waals surface area contributed by atoms with Crippen molar-refractivity contribution < 1.29 is 9.53 Å². The molecule has 3 N–H and O–H groups in total. The van der Waals surface area contributed by atoms with Crippen molar-refractivity contribution in [3.8, 4) is 5.75 Å². The van der Waals surface area contributed by atoms with Crippen LogP contribution in [0.4, 0.5) is 5.69 Å². The minimum atomic E-state index is -0.290. The van der Waals surface area contributed by atoms with E-state index in [-0.39, 0.29) is 11.5 Å². The molecule has 1 amide bonds. The number of fused-ring (bicyclic) bond motifs is 1. The molecule has 0 fully saturated rings. The first-order valence-electron chi connectivity index (χ1n) is 8.67. The number of aromatic nitrogens is 1. The highest BCUT2D eigenvalue weighted by Gasteiger charge is 2.19. The van der Waals surface area contributed by atoms with Gasteiger partial charge in [-0.2, -0.15) is 0 Å². The third-order valence-corrected chi connectivity index (χ3v) is 4.24. The van der Waals surface area contributed by atoms with E-state index in [9.17, 15) is 9.59 Å². The molecular formula is C19H24N4O3. The van der Waals surface area contributed by atoms with E-state index in [1.165, 1.54) is 6.07 Å². The first kappa shape index (κ1) is 18.2. The van der Waals surface area contributed by atoms with E-state index < -0.39 is 0 Å². The highest BCUT2D eigenvalue weighted by atomic mass is 16.5. The lowest BCUT2D eigenvalue weighted by Crippen LogP contribution is -2.30. The molecule has 0 aliphatic carbocycles. The van der Waals surface area contributed by atoms with Crippen LogP contribution < -0.4 is 20.9 Å².